The van der Waals surface area contributed by atoms with Crippen LogP contribution in [0.3, 0.4) is 0 Å². The van der Waals surface area contributed by atoms with Crippen molar-refractivity contribution in [3.8, 4) is 11.1 Å². The summed E-state index contributed by atoms with van der Waals surface area (Å²) in [5, 5.41) is 0. The first-order chi connectivity index (χ1) is 11.6. The topological polar surface area (TPSA) is 46.2 Å². The molecule has 0 spiro atoms. The van der Waals surface area contributed by atoms with Gasteiger partial charge in [-0.15, -0.1) is 0 Å². The van der Waals surface area contributed by atoms with E-state index < -0.39 is 10.0 Å². The Bertz CT molecular complexity index is 760. The van der Waals surface area contributed by atoms with Crippen LogP contribution in [0.4, 0.5) is 0 Å². The lowest BCUT2D eigenvalue weighted by Crippen LogP contribution is -2.42. The van der Waals surface area contributed by atoms with E-state index in [2.05, 4.69) is 27.3 Å². The molecule has 0 heterocycles. The zero-order chi connectivity index (χ0) is 17.0. The van der Waals surface area contributed by atoms with Crippen molar-refractivity contribution in [2.45, 2.75) is 36.6 Å². The second kappa shape index (κ2) is 7.97. The van der Waals surface area contributed by atoms with Crippen molar-refractivity contribution >= 4 is 32.6 Å². The maximum absolute atomic E-state index is 12.7. The van der Waals surface area contributed by atoms with Crippen molar-refractivity contribution in [3.63, 3.8) is 0 Å². The van der Waals surface area contributed by atoms with Gasteiger partial charge in [0.05, 0.1) is 4.90 Å². The lowest BCUT2D eigenvalue weighted by Gasteiger charge is -2.30. The highest BCUT2D eigenvalue weighted by molar-refractivity contribution is 14.1. The number of rotatable bonds is 5. The Morgan fingerprint density at radius 2 is 1.54 bits per heavy atom. The third-order valence-corrected chi connectivity index (χ3v) is 7.32. The zero-order valence-corrected chi connectivity index (χ0v) is 16.5. The van der Waals surface area contributed by atoms with Crippen LogP contribution < -0.4 is 4.72 Å². The molecule has 0 saturated heterocycles. The van der Waals surface area contributed by atoms with Gasteiger partial charge in [0.1, 0.15) is 0 Å². The van der Waals surface area contributed by atoms with Crippen molar-refractivity contribution in [2.75, 3.05) is 4.43 Å². The van der Waals surface area contributed by atoms with Gasteiger partial charge in [0.15, 0.2) is 0 Å². The molecule has 1 saturated carbocycles. The summed E-state index contributed by atoms with van der Waals surface area (Å²) in [4.78, 5) is 0.347. The summed E-state index contributed by atoms with van der Waals surface area (Å²) in [5.74, 6) is 0.442. The number of benzene rings is 2. The molecule has 0 aromatic heterocycles. The number of nitrogens with one attached hydrogen (secondary N) is 1. The Hall–Kier alpha value is -0.920. The number of halogens is 1. The molecule has 128 valence electrons. The summed E-state index contributed by atoms with van der Waals surface area (Å²) >= 11 is 2.36. The van der Waals surface area contributed by atoms with E-state index in [0.717, 1.165) is 34.8 Å². The normalized spacial score (nSPS) is 21.5. The van der Waals surface area contributed by atoms with E-state index in [1.54, 1.807) is 12.1 Å². The molecule has 2 aromatic rings. The predicted molar refractivity (Wildman–Crippen MR) is 107 cm³/mol. The van der Waals surface area contributed by atoms with E-state index in [9.17, 15) is 8.42 Å². The standard InChI is InChI=1S/C19H22INO2S/c20-14-17-8-4-5-9-19(17)21-24(22,23)18-12-10-16(11-13-18)15-6-2-1-3-7-15/h1-3,6-7,10-13,17,19,21H,4-5,8-9,14H2. The van der Waals surface area contributed by atoms with E-state index in [1.807, 2.05) is 42.5 Å². The monoisotopic (exact) mass is 455 g/mol. The number of alkyl halides is 1. The first kappa shape index (κ1) is 17.9. The van der Waals surface area contributed by atoms with Gasteiger partial charge in [0.25, 0.3) is 0 Å². The highest BCUT2D eigenvalue weighted by Crippen LogP contribution is 2.28. The van der Waals surface area contributed by atoms with Gasteiger partial charge in [-0.2, -0.15) is 0 Å². The van der Waals surface area contributed by atoms with Crippen molar-refractivity contribution in [3.05, 3.63) is 54.6 Å². The first-order valence-corrected chi connectivity index (χ1v) is 11.3. The average Bonchev–Trinajstić information content (AvgIpc) is 2.63. The molecule has 0 aliphatic heterocycles. The third kappa shape index (κ3) is 4.18. The van der Waals surface area contributed by atoms with Crippen LogP contribution in [0, 0.1) is 5.92 Å². The number of sulfonamides is 1. The molecule has 2 atom stereocenters. The fraction of sp³-hybridized carbons (Fsp3) is 0.368. The maximum Gasteiger partial charge on any atom is 0.240 e. The fourth-order valence-corrected chi connectivity index (χ4v) is 5.67. The third-order valence-electron chi connectivity index (χ3n) is 4.69. The molecule has 1 fully saturated rings. The quantitative estimate of drug-likeness (QED) is 0.528. The molecular formula is C19H22INO2S. The second-order valence-electron chi connectivity index (χ2n) is 6.32. The van der Waals surface area contributed by atoms with Crippen molar-refractivity contribution < 1.29 is 8.42 Å². The molecule has 2 aromatic carbocycles. The van der Waals surface area contributed by atoms with Gasteiger partial charge >= 0.3 is 0 Å². The largest absolute Gasteiger partial charge is 0.240 e. The van der Waals surface area contributed by atoms with Gasteiger partial charge in [0.2, 0.25) is 10.0 Å². The highest BCUT2D eigenvalue weighted by atomic mass is 127. The Balaban J connectivity index is 1.77. The van der Waals surface area contributed by atoms with E-state index >= 15 is 0 Å². The predicted octanol–water partition coefficient (Wildman–Crippen LogP) is 4.63. The number of hydrogen-bond donors (Lipinski definition) is 1. The van der Waals surface area contributed by atoms with Crippen LogP contribution in [0.25, 0.3) is 11.1 Å². The SMILES string of the molecule is O=S(=O)(NC1CCCCC1CI)c1ccc(-c2ccccc2)cc1. The van der Waals surface area contributed by atoms with Crippen LogP contribution in [0.15, 0.2) is 59.5 Å². The molecule has 0 radical (unpaired) electrons. The summed E-state index contributed by atoms with van der Waals surface area (Å²) in [6.45, 7) is 0. The minimum atomic E-state index is -3.46. The van der Waals surface area contributed by atoms with Crippen LogP contribution >= 0.6 is 22.6 Å². The summed E-state index contributed by atoms with van der Waals surface area (Å²) in [6, 6.07) is 17.2. The van der Waals surface area contributed by atoms with Gasteiger partial charge in [-0.25, -0.2) is 13.1 Å². The molecule has 0 amide bonds. The Morgan fingerprint density at radius 1 is 0.917 bits per heavy atom. The van der Waals surface area contributed by atoms with E-state index in [4.69, 9.17) is 0 Å². The lowest BCUT2D eigenvalue weighted by atomic mass is 9.87. The van der Waals surface area contributed by atoms with Crippen LogP contribution in [-0.2, 0) is 10.0 Å². The molecule has 0 bridgehead atoms. The van der Waals surface area contributed by atoms with E-state index in [-0.39, 0.29) is 6.04 Å². The molecule has 3 rings (SSSR count). The van der Waals surface area contributed by atoms with Gasteiger partial charge < -0.3 is 0 Å². The fourth-order valence-electron chi connectivity index (χ4n) is 3.27. The molecule has 5 heteroatoms. The summed E-state index contributed by atoms with van der Waals surface area (Å²) in [5.41, 5.74) is 2.11. The molecule has 1 aliphatic rings. The van der Waals surface area contributed by atoms with Gasteiger partial charge in [-0.3, -0.25) is 0 Å². The number of hydrogen-bond acceptors (Lipinski definition) is 2. The molecule has 2 unspecified atom stereocenters. The van der Waals surface area contributed by atoms with Crippen LogP contribution in [0.2, 0.25) is 0 Å². The van der Waals surface area contributed by atoms with Gasteiger partial charge in [-0.05, 0) is 42.0 Å². The molecule has 3 nitrogen and oxygen atoms in total. The Kier molecular flexibility index (Phi) is 5.94. The van der Waals surface area contributed by atoms with E-state index in [0.29, 0.717) is 10.8 Å². The molecule has 24 heavy (non-hydrogen) atoms. The summed E-state index contributed by atoms with van der Waals surface area (Å²) in [7, 11) is -3.46. The van der Waals surface area contributed by atoms with Crippen LogP contribution in [-0.4, -0.2) is 18.9 Å². The lowest BCUT2D eigenvalue weighted by molar-refractivity contribution is 0.318. The van der Waals surface area contributed by atoms with Gasteiger partial charge in [-0.1, -0.05) is 77.9 Å². The summed E-state index contributed by atoms with van der Waals surface area (Å²) in [6.07, 6.45) is 4.36. The highest BCUT2D eigenvalue weighted by Gasteiger charge is 2.28. The minimum absolute atomic E-state index is 0.0643. The Morgan fingerprint density at radius 3 is 2.21 bits per heavy atom. The van der Waals surface area contributed by atoms with Crippen molar-refractivity contribution in [1.29, 1.82) is 0 Å². The first-order valence-electron chi connectivity index (χ1n) is 8.34. The van der Waals surface area contributed by atoms with Crippen LogP contribution in [0.5, 0.6) is 0 Å². The van der Waals surface area contributed by atoms with Gasteiger partial charge in [0, 0.05) is 10.5 Å². The second-order valence-corrected chi connectivity index (χ2v) is 8.91. The van der Waals surface area contributed by atoms with Crippen molar-refractivity contribution in [1.82, 2.24) is 4.72 Å². The smallest absolute Gasteiger partial charge is 0.208 e. The van der Waals surface area contributed by atoms with Crippen molar-refractivity contribution in [2.24, 2.45) is 5.92 Å². The molecule has 1 aliphatic carbocycles. The molecule has 1 N–H and O–H groups in total. The average molecular weight is 455 g/mol. The minimum Gasteiger partial charge on any atom is -0.208 e. The maximum atomic E-state index is 12.7. The summed E-state index contributed by atoms with van der Waals surface area (Å²) < 4.78 is 29.3. The molecular weight excluding hydrogens is 433 g/mol. The van der Waals surface area contributed by atoms with Crippen LogP contribution in [0.1, 0.15) is 25.7 Å². The Labute approximate surface area is 158 Å². The zero-order valence-electron chi connectivity index (χ0n) is 13.5. The van der Waals surface area contributed by atoms with E-state index in [1.165, 1.54) is 6.42 Å².